The fourth-order valence-electron chi connectivity index (χ4n) is 4.07. The third kappa shape index (κ3) is 5.24. The first-order valence-electron chi connectivity index (χ1n) is 10.8. The van der Waals surface area contributed by atoms with E-state index in [0.29, 0.717) is 5.95 Å². The van der Waals surface area contributed by atoms with Gasteiger partial charge in [-0.25, -0.2) is 9.97 Å². The molecule has 3 heterocycles. The maximum absolute atomic E-state index is 6.17. The lowest BCUT2D eigenvalue weighted by molar-refractivity contribution is 0.162. The van der Waals surface area contributed by atoms with Crippen molar-refractivity contribution in [2.45, 2.75) is 26.4 Å². The van der Waals surface area contributed by atoms with Gasteiger partial charge in [0, 0.05) is 55.2 Å². The topological polar surface area (TPSA) is 74.3 Å². The Labute approximate surface area is 184 Å². The standard InChI is InChI=1S/C23H28N6O.CH4/c1-2-18(14-19(3-1)29-12-10-25-11-13-29)27-23-26-16-17-4-5-21(15-22(17)28-23)30-20-6-8-24-9-7-20;/h1-5,14-16,20,24-25H,6-13H2,(H,26,27,28);1H4. The lowest BCUT2D eigenvalue weighted by Gasteiger charge is -2.29. The van der Waals surface area contributed by atoms with E-state index < -0.39 is 0 Å². The second-order valence-corrected chi connectivity index (χ2v) is 7.89. The minimum atomic E-state index is 0. The van der Waals surface area contributed by atoms with Gasteiger partial charge in [-0.3, -0.25) is 0 Å². The summed E-state index contributed by atoms with van der Waals surface area (Å²) in [4.78, 5) is 11.6. The number of nitrogens with one attached hydrogen (secondary N) is 3. The zero-order valence-corrected chi connectivity index (χ0v) is 17.1. The van der Waals surface area contributed by atoms with Gasteiger partial charge in [0.05, 0.1) is 5.52 Å². The summed E-state index contributed by atoms with van der Waals surface area (Å²) in [5.41, 5.74) is 3.10. The summed E-state index contributed by atoms with van der Waals surface area (Å²) < 4.78 is 6.17. The lowest BCUT2D eigenvalue weighted by Crippen LogP contribution is -2.43. The first-order chi connectivity index (χ1) is 14.8. The highest BCUT2D eigenvalue weighted by atomic mass is 16.5. The average molecular weight is 421 g/mol. The molecule has 0 bridgehead atoms. The van der Waals surface area contributed by atoms with Crippen LogP contribution in [0.1, 0.15) is 20.3 Å². The number of anilines is 3. The smallest absolute Gasteiger partial charge is 0.227 e. The van der Waals surface area contributed by atoms with Crippen LogP contribution in [0.15, 0.2) is 48.7 Å². The van der Waals surface area contributed by atoms with Crippen molar-refractivity contribution >= 4 is 28.2 Å². The van der Waals surface area contributed by atoms with Crippen LogP contribution in [0.2, 0.25) is 0 Å². The van der Waals surface area contributed by atoms with Crippen LogP contribution in [0.5, 0.6) is 5.75 Å². The van der Waals surface area contributed by atoms with Crippen molar-refractivity contribution in [3.8, 4) is 5.75 Å². The van der Waals surface area contributed by atoms with Gasteiger partial charge in [0.25, 0.3) is 0 Å². The highest BCUT2D eigenvalue weighted by Gasteiger charge is 2.15. The normalized spacial score (nSPS) is 17.2. The van der Waals surface area contributed by atoms with Crippen molar-refractivity contribution in [2.75, 3.05) is 49.5 Å². The molecule has 1 aromatic heterocycles. The summed E-state index contributed by atoms with van der Waals surface area (Å²) in [6.45, 7) is 6.12. The molecule has 0 saturated carbocycles. The average Bonchev–Trinajstić information content (AvgIpc) is 2.80. The van der Waals surface area contributed by atoms with Crippen LogP contribution in [-0.4, -0.2) is 55.3 Å². The highest BCUT2D eigenvalue weighted by Crippen LogP contribution is 2.25. The molecule has 2 fully saturated rings. The fourth-order valence-corrected chi connectivity index (χ4v) is 4.07. The minimum absolute atomic E-state index is 0. The summed E-state index contributed by atoms with van der Waals surface area (Å²) >= 11 is 0. The number of fused-ring (bicyclic) bond motifs is 1. The monoisotopic (exact) mass is 420 g/mol. The zero-order valence-electron chi connectivity index (χ0n) is 17.1. The molecular formula is C24H32N6O. The molecule has 0 spiro atoms. The molecule has 7 heteroatoms. The first kappa shape index (κ1) is 21.3. The van der Waals surface area contributed by atoms with Crippen LogP contribution in [0, 0.1) is 0 Å². The summed E-state index contributed by atoms with van der Waals surface area (Å²) in [6, 6.07) is 14.5. The fraction of sp³-hybridized carbons (Fsp3) is 0.417. The number of piperazine rings is 1. The molecule has 3 N–H and O–H groups in total. The molecule has 0 amide bonds. The Hall–Kier alpha value is -2.90. The van der Waals surface area contributed by atoms with Crippen LogP contribution in [-0.2, 0) is 0 Å². The number of nitrogens with zero attached hydrogens (tertiary/aromatic N) is 3. The second kappa shape index (κ2) is 9.94. The van der Waals surface area contributed by atoms with E-state index in [2.05, 4.69) is 50.1 Å². The summed E-state index contributed by atoms with van der Waals surface area (Å²) in [6.07, 6.45) is 4.21. The molecule has 5 rings (SSSR count). The van der Waals surface area contributed by atoms with Gasteiger partial charge < -0.3 is 25.6 Å². The Morgan fingerprint density at radius 2 is 1.77 bits per heavy atom. The van der Waals surface area contributed by atoms with E-state index in [0.717, 1.165) is 74.5 Å². The molecule has 31 heavy (non-hydrogen) atoms. The predicted molar refractivity (Wildman–Crippen MR) is 128 cm³/mol. The van der Waals surface area contributed by atoms with Crippen LogP contribution in [0.3, 0.4) is 0 Å². The molecule has 2 aromatic carbocycles. The number of hydrogen-bond donors (Lipinski definition) is 3. The summed E-state index contributed by atoms with van der Waals surface area (Å²) in [7, 11) is 0. The molecule has 7 nitrogen and oxygen atoms in total. The molecule has 0 aliphatic carbocycles. The van der Waals surface area contributed by atoms with Crippen LogP contribution in [0.4, 0.5) is 17.3 Å². The van der Waals surface area contributed by atoms with E-state index in [-0.39, 0.29) is 13.5 Å². The van der Waals surface area contributed by atoms with E-state index in [1.165, 1.54) is 5.69 Å². The summed E-state index contributed by atoms with van der Waals surface area (Å²) in [5.74, 6) is 1.47. The molecule has 0 atom stereocenters. The Bertz CT molecular complexity index is 998. The van der Waals surface area contributed by atoms with Gasteiger partial charge in [-0.1, -0.05) is 13.5 Å². The van der Waals surface area contributed by atoms with E-state index in [1.54, 1.807) is 0 Å². The van der Waals surface area contributed by atoms with Gasteiger partial charge in [-0.2, -0.15) is 0 Å². The molecule has 2 saturated heterocycles. The van der Waals surface area contributed by atoms with Gasteiger partial charge in [0.1, 0.15) is 11.9 Å². The minimum Gasteiger partial charge on any atom is -0.490 e. The van der Waals surface area contributed by atoms with Gasteiger partial charge in [-0.15, -0.1) is 0 Å². The van der Waals surface area contributed by atoms with E-state index in [1.807, 2.05) is 24.4 Å². The molecule has 3 aromatic rings. The van der Waals surface area contributed by atoms with Crippen LogP contribution >= 0.6 is 0 Å². The van der Waals surface area contributed by atoms with Gasteiger partial charge in [0.15, 0.2) is 0 Å². The summed E-state index contributed by atoms with van der Waals surface area (Å²) in [5, 5.41) is 11.1. The second-order valence-electron chi connectivity index (χ2n) is 7.89. The number of hydrogen-bond acceptors (Lipinski definition) is 7. The molecule has 0 unspecified atom stereocenters. The van der Waals surface area contributed by atoms with Crippen LogP contribution in [0.25, 0.3) is 10.9 Å². The third-order valence-electron chi connectivity index (χ3n) is 5.73. The Morgan fingerprint density at radius 3 is 2.61 bits per heavy atom. The SMILES string of the molecule is C.c1cc(Nc2ncc3ccc(OC4CCNCC4)cc3n2)cc(N2CCNCC2)c1. The number of piperidine rings is 1. The predicted octanol–water partition coefficient (Wildman–Crippen LogP) is 3.55. The van der Waals surface area contributed by atoms with E-state index in [9.17, 15) is 0 Å². The molecule has 0 radical (unpaired) electrons. The Morgan fingerprint density at radius 1 is 0.968 bits per heavy atom. The maximum Gasteiger partial charge on any atom is 0.227 e. The highest BCUT2D eigenvalue weighted by molar-refractivity contribution is 5.80. The van der Waals surface area contributed by atoms with Crippen molar-refractivity contribution in [2.24, 2.45) is 0 Å². The Kier molecular flexibility index (Phi) is 6.84. The Balaban J connectivity index is 0.00000231. The molecular weight excluding hydrogens is 388 g/mol. The number of ether oxygens (including phenoxy) is 1. The molecule has 164 valence electrons. The lowest BCUT2D eigenvalue weighted by atomic mass is 10.1. The maximum atomic E-state index is 6.17. The number of benzene rings is 2. The molecule has 2 aliphatic heterocycles. The van der Waals surface area contributed by atoms with E-state index in [4.69, 9.17) is 9.72 Å². The third-order valence-corrected chi connectivity index (χ3v) is 5.73. The van der Waals surface area contributed by atoms with Gasteiger partial charge in [-0.05, 0) is 56.3 Å². The van der Waals surface area contributed by atoms with E-state index >= 15 is 0 Å². The van der Waals surface area contributed by atoms with Crippen molar-refractivity contribution in [3.05, 3.63) is 48.7 Å². The van der Waals surface area contributed by atoms with Crippen molar-refractivity contribution in [1.29, 1.82) is 0 Å². The van der Waals surface area contributed by atoms with Crippen LogP contribution < -0.4 is 25.6 Å². The molecule has 2 aliphatic rings. The van der Waals surface area contributed by atoms with Gasteiger partial charge in [0.2, 0.25) is 5.95 Å². The van der Waals surface area contributed by atoms with Gasteiger partial charge >= 0.3 is 0 Å². The number of aromatic nitrogens is 2. The first-order valence-corrected chi connectivity index (χ1v) is 10.8. The zero-order chi connectivity index (χ0) is 20.2. The quantitative estimate of drug-likeness (QED) is 0.583. The number of rotatable bonds is 5. The van der Waals surface area contributed by atoms with Crippen molar-refractivity contribution in [1.82, 2.24) is 20.6 Å². The van der Waals surface area contributed by atoms with Crippen molar-refractivity contribution < 1.29 is 4.74 Å². The van der Waals surface area contributed by atoms with Crippen molar-refractivity contribution in [3.63, 3.8) is 0 Å². The largest absolute Gasteiger partial charge is 0.490 e.